The standard InChI is InChI=1S/C23H20N2O3/c1-2-28-23(27)25-18-10-7-15(8-11-18)22(26)24-19-12-9-17-13-16-5-3-4-6-20(16)21(17)14-19/h3-12,14H,2,13H2,1H3,(H,24,26)(H,25,27). The fourth-order valence-electron chi connectivity index (χ4n) is 3.39. The van der Waals surface area contributed by atoms with Gasteiger partial charge in [-0.2, -0.15) is 0 Å². The van der Waals surface area contributed by atoms with Gasteiger partial charge in [0.15, 0.2) is 0 Å². The lowest BCUT2D eigenvalue weighted by Crippen LogP contribution is -2.14. The average molecular weight is 372 g/mol. The summed E-state index contributed by atoms with van der Waals surface area (Å²) < 4.78 is 4.83. The molecule has 3 aromatic rings. The Kier molecular flexibility index (Phi) is 4.81. The molecule has 0 unspecified atom stereocenters. The molecule has 4 rings (SSSR count). The van der Waals surface area contributed by atoms with E-state index in [4.69, 9.17) is 4.74 Å². The van der Waals surface area contributed by atoms with E-state index in [1.165, 1.54) is 22.3 Å². The van der Waals surface area contributed by atoms with Crippen LogP contribution in [0.15, 0.2) is 66.7 Å². The molecule has 3 aromatic carbocycles. The monoisotopic (exact) mass is 372 g/mol. The molecule has 0 radical (unpaired) electrons. The number of anilines is 2. The lowest BCUT2D eigenvalue weighted by molar-refractivity contribution is 0.102. The molecular weight excluding hydrogens is 352 g/mol. The molecule has 28 heavy (non-hydrogen) atoms. The molecule has 0 heterocycles. The Bertz CT molecular complexity index is 1040. The van der Waals surface area contributed by atoms with Gasteiger partial charge in [0.05, 0.1) is 6.61 Å². The van der Waals surface area contributed by atoms with Gasteiger partial charge in [-0.25, -0.2) is 4.79 Å². The summed E-state index contributed by atoms with van der Waals surface area (Å²) in [6.45, 7) is 2.04. The number of hydrogen-bond donors (Lipinski definition) is 2. The molecule has 0 aromatic heterocycles. The van der Waals surface area contributed by atoms with Crippen molar-refractivity contribution in [3.05, 3.63) is 83.4 Å². The number of rotatable bonds is 4. The summed E-state index contributed by atoms with van der Waals surface area (Å²) in [6, 6.07) is 21.0. The van der Waals surface area contributed by atoms with E-state index in [2.05, 4.69) is 28.8 Å². The van der Waals surface area contributed by atoms with E-state index in [0.717, 1.165) is 12.1 Å². The Hall–Kier alpha value is -3.60. The first-order valence-corrected chi connectivity index (χ1v) is 9.20. The zero-order chi connectivity index (χ0) is 19.5. The molecule has 0 aliphatic heterocycles. The first-order chi connectivity index (χ1) is 13.6. The van der Waals surface area contributed by atoms with E-state index in [9.17, 15) is 9.59 Å². The van der Waals surface area contributed by atoms with E-state index in [1.807, 2.05) is 24.3 Å². The summed E-state index contributed by atoms with van der Waals surface area (Å²) in [5.41, 5.74) is 6.82. The Labute approximate surface area is 163 Å². The van der Waals surface area contributed by atoms with E-state index in [1.54, 1.807) is 31.2 Å². The van der Waals surface area contributed by atoms with E-state index in [0.29, 0.717) is 17.9 Å². The Morgan fingerprint density at radius 2 is 1.57 bits per heavy atom. The fraction of sp³-hybridized carbons (Fsp3) is 0.130. The van der Waals surface area contributed by atoms with Gasteiger partial charge in [0.1, 0.15) is 0 Å². The molecule has 0 saturated carbocycles. The van der Waals surface area contributed by atoms with Crippen molar-refractivity contribution < 1.29 is 14.3 Å². The van der Waals surface area contributed by atoms with Gasteiger partial charge < -0.3 is 10.1 Å². The van der Waals surface area contributed by atoms with Crippen molar-refractivity contribution >= 4 is 23.4 Å². The van der Waals surface area contributed by atoms with E-state index >= 15 is 0 Å². The third kappa shape index (κ3) is 3.60. The molecule has 2 N–H and O–H groups in total. The number of benzene rings is 3. The number of fused-ring (bicyclic) bond motifs is 3. The molecule has 2 amide bonds. The first-order valence-electron chi connectivity index (χ1n) is 9.20. The highest BCUT2D eigenvalue weighted by Gasteiger charge is 2.18. The Morgan fingerprint density at radius 1 is 0.857 bits per heavy atom. The van der Waals surface area contributed by atoms with Gasteiger partial charge in [-0.1, -0.05) is 30.3 Å². The van der Waals surface area contributed by atoms with Gasteiger partial charge in [-0.05, 0) is 72.0 Å². The molecule has 5 nitrogen and oxygen atoms in total. The van der Waals surface area contributed by atoms with Crippen LogP contribution in [0.5, 0.6) is 0 Å². The highest BCUT2D eigenvalue weighted by molar-refractivity contribution is 6.05. The maximum Gasteiger partial charge on any atom is 0.411 e. The van der Waals surface area contributed by atoms with Crippen LogP contribution < -0.4 is 10.6 Å². The van der Waals surface area contributed by atoms with Gasteiger partial charge in [0.25, 0.3) is 5.91 Å². The molecule has 140 valence electrons. The predicted molar refractivity (Wildman–Crippen MR) is 110 cm³/mol. The minimum Gasteiger partial charge on any atom is -0.450 e. The highest BCUT2D eigenvalue weighted by atomic mass is 16.5. The van der Waals surface area contributed by atoms with Crippen LogP contribution in [0.25, 0.3) is 11.1 Å². The molecule has 1 aliphatic carbocycles. The van der Waals surface area contributed by atoms with Crippen LogP contribution in [0.1, 0.15) is 28.4 Å². The summed E-state index contributed by atoms with van der Waals surface area (Å²) in [4.78, 5) is 24.0. The molecule has 0 saturated heterocycles. The summed E-state index contributed by atoms with van der Waals surface area (Å²) in [5, 5.41) is 5.55. The quantitative estimate of drug-likeness (QED) is 0.525. The van der Waals surface area contributed by atoms with Gasteiger partial charge in [0.2, 0.25) is 0 Å². The summed E-state index contributed by atoms with van der Waals surface area (Å²) >= 11 is 0. The number of amides is 2. The third-order valence-electron chi connectivity index (χ3n) is 4.73. The minimum absolute atomic E-state index is 0.200. The lowest BCUT2D eigenvalue weighted by Gasteiger charge is -2.09. The number of carbonyl (C=O) groups is 2. The van der Waals surface area contributed by atoms with Gasteiger partial charge in [0, 0.05) is 16.9 Å². The van der Waals surface area contributed by atoms with Crippen molar-refractivity contribution in [1.29, 1.82) is 0 Å². The topological polar surface area (TPSA) is 67.4 Å². The normalized spacial score (nSPS) is 11.3. The molecule has 0 spiro atoms. The largest absolute Gasteiger partial charge is 0.450 e. The maximum atomic E-state index is 12.6. The Balaban J connectivity index is 1.47. The van der Waals surface area contributed by atoms with Crippen LogP contribution in [0.3, 0.4) is 0 Å². The van der Waals surface area contributed by atoms with Crippen molar-refractivity contribution in [2.75, 3.05) is 17.2 Å². The van der Waals surface area contributed by atoms with Crippen LogP contribution in [-0.2, 0) is 11.2 Å². The fourth-order valence-corrected chi connectivity index (χ4v) is 3.39. The first kappa shape index (κ1) is 17.8. The van der Waals surface area contributed by atoms with Gasteiger partial charge in [-0.15, -0.1) is 0 Å². The molecule has 1 aliphatic rings. The van der Waals surface area contributed by atoms with Crippen LogP contribution in [0, 0.1) is 0 Å². The van der Waals surface area contributed by atoms with Crippen LogP contribution >= 0.6 is 0 Å². The second kappa shape index (κ2) is 7.56. The van der Waals surface area contributed by atoms with Gasteiger partial charge in [-0.3, -0.25) is 10.1 Å². The molecule has 0 bridgehead atoms. The SMILES string of the molecule is CCOC(=O)Nc1ccc(C(=O)Nc2ccc3c(c2)-c2ccccc2C3)cc1. The van der Waals surface area contributed by atoms with Crippen molar-refractivity contribution in [3.8, 4) is 11.1 Å². The molecule has 5 heteroatoms. The molecule has 0 fully saturated rings. The number of hydrogen-bond acceptors (Lipinski definition) is 3. The second-order valence-electron chi connectivity index (χ2n) is 6.58. The summed E-state index contributed by atoms with van der Waals surface area (Å²) in [6.07, 6.45) is 0.410. The number of ether oxygens (including phenoxy) is 1. The molecule has 0 atom stereocenters. The lowest BCUT2D eigenvalue weighted by atomic mass is 10.1. The zero-order valence-electron chi connectivity index (χ0n) is 15.5. The predicted octanol–water partition coefficient (Wildman–Crippen LogP) is 5.08. The van der Waals surface area contributed by atoms with Crippen LogP contribution in [0.4, 0.5) is 16.2 Å². The molecular formula is C23H20N2O3. The van der Waals surface area contributed by atoms with Crippen LogP contribution in [-0.4, -0.2) is 18.6 Å². The summed E-state index contributed by atoms with van der Waals surface area (Å²) in [5.74, 6) is -0.200. The number of nitrogens with one attached hydrogen (secondary N) is 2. The third-order valence-corrected chi connectivity index (χ3v) is 4.73. The van der Waals surface area contributed by atoms with E-state index < -0.39 is 6.09 Å². The minimum atomic E-state index is -0.516. The number of carbonyl (C=O) groups excluding carboxylic acids is 2. The smallest absolute Gasteiger partial charge is 0.411 e. The zero-order valence-corrected chi connectivity index (χ0v) is 15.5. The van der Waals surface area contributed by atoms with E-state index in [-0.39, 0.29) is 5.91 Å². The van der Waals surface area contributed by atoms with Crippen molar-refractivity contribution in [1.82, 2.24) is 0 Å². The average Bonchev–Trinajstić information content (AvgIpc) is 3.07. The van der Waals surface area contributed by atoms with Crippen LogP contribution in [0.2, 0.25) is 0 Å². The van der Waals surface area contributed by atoms with Gasteiger partial charge >= 0.3 is 6.09 Å². The maximum absolute atomic E-state index is 12.6. The van der Waals surface area contributed by atoms with Crippen molar-refractivity contribution in [2.45, 2.75) is 13.3 Å². The Morgan fingerprint density at radius 3 is 2.36 bits per heavy atom. The van der Waals surface area contributed by atoms with Crippen molar-refractivity contribution in [2.24, 2.45) is 0 Å². The highest BCUT2D eigenvalue weighted by Crippen LogP contribution is 2.37. The summed E-state index contributed by atoms with van der Waals surface area (Å²) in [7, 11) is 0. The second-order valence-corrected chi connectivity index (χ2v) is 6.58. The van der Waals surface area contributed by atoms with Crippen molar-refractivity contribution in [3.63, 3.8) is 0 Å².